The highest BCUT2D eigenvalue weighted by Crippen LogP contribution is 2.36. The van der Waals surface area contributed by atoms with Gasteiger partial charge < -0.3 is 19.9 Å². The number of benzene rings is 3. The number of anilines is 1. The topological polar surface area (TPSA) is 90.0 Å². The first-order valence-corrected chi connectivity index (χ1v) is 10.3. The smallest absolute Gasteiger partial charge is 0.247 e. The number of fused-ring (bicyclic) bond motifs is 1. The molecule has 9 heteroatoms. The van der Waals surface area contributed by atoms with Gasteiger partial charge in [-0.2, -0.15) is 0 Å². The first-order valence-electron chi connectivity index (χ1n) is 9.57. The molecule has 3 N–H and O–H groups in total. The zero-order valence-electron chi connectivity index (χ0n) is 16.4. The maximum Gasteiger partial charge on any atom is 0.247 e. The van der Waals surface area contributed by atoms with Gasteiger partial charge in [0, 0.05) is 45.0 Å². The molecule has 0 amide bonds. The van der Waals surface area contributed by atoms with Crippen LogP contribution in [0.15, 0.2) is 65.2 Å². The number of H-pyrrole nitrogens is 1. The molecule has 6 nitrogen and oxygen atoms in total. The molecule has 0 fully saturated rings. The summed E-state index contributed by atoms with van der Waals surface area (Å²) in [7, 11) is 0. The van der Waals surface area contributed by atoms with E-state index >= 15 is 4.39 Å². The second kappa shape index (κ2) is 8.18. The third-order valence-electron chi connectivity index (χ3n) is 4.85. The summed E-state index contributed by atoms with van der Waals surface area (Å²) in [6, 6.07) is 15.4. The monoisotopic (exact) mass is 468 g/mol. The molecular formula is C23H15Cl2FN4O2. The van der Waals surface area contributed by atoms with Crippen molar-refractivity contribution in [3.63, 3.8) is 0 Å². The van der Waals surface area contributed by atoms with Crippen LogP contribution in [0.2, 0.25) is 10.0 Å². The Morgan fingerprint density at radius 2 is 1.91 bits per heavy atom. The standard InChI is InChI=1S/C23H15Cl2FN4O2/c24-15-9-16(27)11-17(10-15)31-22-18(25)3-1-13(21(22)26)8-20-29-30-23(32-20)14-2-4-19-12(7-14)5-6-28-19/h1-7,9-11,28H,8,27H2. The molecule has 0 bridgehead atoms. The van der Waals surface area contributed by atoms with Gasteiger partial charge in [-0.3, -0.25) is 0 Å². The van der Waals surface area contributed by atoms with Gasteiger partial charge in [-0.05, 0) is 42.5 Å². The summed E-state index contributed by atoms with van der Waals surface area (Å²) in [5.74, 6) is 0.109. The molecule has 5 aromatic rings. The molecule has 0 radical (unpaired) electrons. The lowest BCUT2D eigenvalue weighted by molar-refractivity contribution is 0.437. The maximum absolute atomic E-state index is 15.2. The number of aromatic nitrogens is 3. The number of hydrogen-bond acceptors (Lipinski definition) is 5. The van der Waals surface area contributed by atoms with Crippen LogP contribution in [0.25, 0.3) is 22.4 Å². The highest BCUT2D eigenvalue weighted by atomic mass is 35.5. The molecule has 32 heavy (non-hydrogen) atoms. The Hall–Kier alpha value is -3.55. The lowest BCUT2D eigenvalue weighted by Crippen LogP contribution is -1.98. The van der Waals surface area contributed by atoms with Crippen LogP contribution in [-0.4, -0.2) is 15.2 Å². The van der Waals surface area contributed by atoms with E-state index in [-0.39, 0.29) is 34.4 Å². The van der Waals surface area contributed by atoms with Crippen molar-refractivity contribution < 1.29 is 13.5 Å². The van der Waals surface area contributed by atoms with Crippen molar-refractivity contribution in [3.8, 4) is 23.0 Å². The second-order valence-corrected chi connectivity index (χ2v) is 7.97. The Morgan fingerprint density at radius 1 is 1.03 bits per heavy atom. The number of nitrogens with zero attached hydrogens (tertiary/aromatic N) is 2. The van der Waals surface area contributed by atoms with Crippen molar-refractivity contribution in [2.75, 3.05) is 5.73 Å². The Labute approximate surface area is 191 Å². The van der Waals surface area contributed by atoms with E-state index in [2.05, 4.69) is 15.2 Å². The van der Waals surface area contributed by atoms with Gasteiger partial charge in [0.05, 0.1) is 11.4 Å². The largest absolute Gasteiger partial charge is 0.453 e. The molecule has 0 spiro atoms. The van der Waals surface area contributed by atoms with Crippen LogP contribution in [0.4, 0.5) is 10.1 Å². The summed E-state index contributed by atoms with van der Waals surface area (Å²) in [6.07, 6.45) is 1.92. The van der Waals surface area contributed by atoms with Gasteiger partial charge in [0.2, 0.25) is 11.8 Å². The van der Waals surface area contributed by atoms with Crippen LogP contribution in [0, 0.1) is 5.82 Å². The molecule has 5 rings (SSSR count). The minimum absolute atomic E-state index is 0.0659. The Morgan fingerprint density at radius 3 is 2.75 bits per heavy atom. The van der Waals surface area contributed by atoms with Crippen molar-refractivity contribution in [2.45, 2.75) is 6.42 Å². The number of aromatic amines is 1. The van der Waals surface area contributed by atoms with Gasteiger partial charge in [0.15, 0.2) is 11.6 Å². The van der Waals surface area contributed by atoms with Crippen molar-refractivity contribution in [3.05, 3.63) is 88.1 Å². The third kappa shape index (κ3) is 4.00. The highest BCUT2D eigenvalue weighted by molar-refractivity contribution is 6.32. The van der Waals surface area contributed by atoms with Crippen molar-refractivity contribution in [1.29, 1.82) is 0 Å². The van der Waals surface area contributed by atoms with E-state index in [0.717, 1.165) is 16.5 Å². The molecule has 0 atom stereocenters. The maximum atomic E-state index is 15.2. The van der Waals surface area contributed by atoms with Crippen LogP contribution in [0.3, 0.4) is 0 Å². The van der Waals surface area contributed by atoms with Crippen LogP contribution in [0.5, 0.6) is 11.5 Å². The molecule has 2 heterocycles. The molecule has 0 aliphatic rings. The number of hydrogen-bond donors (Lipinski definition) is 2. The molecule has 3 aromatic carbocycles. The summed E-state index contributed by atoms with van der Waals surface area (Å²) in [4.78, 5) is 3.13. The van der Waals surface area contributed by atoms with Crippen LogP contribution < -0.4 is 10.5 Å². The molecule has 0 aliphatic carbocycles. The van der Waals surface area contributed by atoms with E-state index in [1.54, 1.807) is 18.2 Å². The van der Waals surface area contributed by atoms with E-state index < -0.39 is 5.82 Å². The number of nitrogens with one attached hydrogen (secondary N) is 1. The van der Waals surface area contributed by atoms with Crippen LogP contribution in [0.1, 0.15) is 11.5 Å². The number of rotatable bonds is 5. The zero-order valence-corrected chi connectivity index (χ0v) is 17.9. The van der Waals surface area contributed by atoms with Crippen LogP contribution in [-0.2, 0) is 6.42 Å². The van der Waals surface area contributed by atoms with E-state index in [1.807, 2.05) is 30.5 Å². The Balaban J connectivity index is 1.41. The summed E-state index contributed by atoms with van der Waals surface area (Å²) in [6.45, 7) is 0. The second-order valence-electron chi connectivity index (χ2n) is 7.13. The summed E-state index contributed by atoms with van der Waals surface area (Å²) < 4.78 is 26.6. The van der Waals surface area contributed by atoms with Gasteiger partial charge >= 0.3 is 0 Å². The van der Waals surface area contributed by atoms with Gasteiger partial charge in [-0.25, -0.2) is 4.39 Å². The fourth-order valence-corrected chi connectivity index (χ4v) is 3.77. The van der Waals surface area contributed by atoms with Gasteiger partial charge in [0.25, 0.3) is 0 Å². The fourth-order valence-electron chi connectivity index (χ4n) is 3.36. The van der Waals surface area contributed by atoms with Crippen LogP contribution >= 0.6 is 23.2 Å². The molecule has 0 saturated carbocycles. The summed E-state index contributed by atoms with van der Waals surface area (Å²) in [5.41, 5.74) is 8.23. The van der Waals surface area contributed by atoms with Gasteiger partial charge in [0.1, 0.15) is 5.75 Å². The predicted molar refractivity (Wildman–Crippen MR) is 122 cm³/mol. The number of ether oxygens (including phenoxy) is 1. The van der Waals surface area contributed by atoms with E-state index in [4.69, 9.17) is 38.1 Å². The van der Waals surface area contributed by atoms with E-state index in [0.29, 0.717) is 16.6 Å². The summed E-state index contributed by atoms with van der Waals surface area (Å²) >= 11 is 12.2. The Bertz CT molecular complexity index is 1430. The van der Waals surface area contributed by atoms with Crippen molar-refractivity contribution in [2.24, 2.45) is 0 Å². The quantitative estimate of drug-likeness (QED) is 0.282. The zero-order chi connectivity index (χ0) is 22.2. The molecule has 0 saturated heterocycles. The minimum atomic E-state index is -0.635. The molecule has 2 aromatic heterocycles. The van der Waals surface area contributed by atoms with Gasteiger partial charge in [-0.1, -0.05) is 29.3 Å². The first kappa shape index (κ1) is 20.4. The minimum Gasteiger partial charge on any atom is -0.453 e. The molecular weight excluding hydrogens is 454 g/mol. The lowest BCUT2D eigenvalue weighted by atomic mass is 10.1. The van der Waals surface area contributed by atoms with Crippen molar-refractivity contribution in [1.82, 2.24) is 15.2 Å². The Kier molecular flexibility index (Phi) is 5.20. The normalized spacial score (nSPS) is 11.2. The first-order chi connectivity index (χ1) is 15.5. The van der Waals surface area contributed by atoms with E-state index in [9.17, 15) is 0 Å². The number of halogens is 3. The lowest BCUT2D eigenvalue weighted by Gasteiger charge is -2.12. The van der Waals surface area contributed by atoms with E-state index in [1.165, 1.54) is 12.1 Å². The highest BCUT2D eigenvalue weighted by Gasteiger charge is 2.18. The fraction of sp³-hybridized carbons (Fsp3) is 0.0435. The molecule has 0 unspecified atom stereocenters. The third-order valence-corrected chi connectivity index (χ3v) is 5.37. The molecule has 0 aliphatic heterocycles. The average Bonchev–Trinajstić information content (AvgIpc) is 3.41. The average molecular weight is 469 g/mol. The van der Waals surface area contributed by atoms with Crippen molar-refractivity contribution >= 4 is 39.8 Å². The summed E-state index contributed by atoms with van der Waals surface area (Å²) in [5, 5.41) is 9.65. The molecule has 160 valence electrons. The predicted octanol–water partition coefficient (Wildman–Crippen LogP) is 6.63. The SMILES string of the molecule is Nc1cc(Cl)cc(Oc2c(Cl)ccc(Cc3nnc(-c4ccc5[nH]ccc5c4)o3)c2F)c1. The number of nitrogens with two attached hydrogens (primary N) is 1. The van der Waals surface area contributed by atoms with Gasteiger partial charge in [-0.15, -0.1) is 10.2 Å². The number of nitrogen functional groups attached to an aromatic ring is 1.